The van der Waals surface area contributed by atoms with Crippen LogP contribution in [-0.4, -0.2) is 23.9 Å². The fourth-order valence-corrected chi connectivity index (χ4v) is 2.16. The predicted molar refractivity (Wildman–Crippen MR) is 68.6 cm³/mol. The molecule has 0 unspecified atom stereocenters. The fourth-order valence-electron chi connectivity index (χ4n) is 1.71. The quantitative estimate of drug-likeness (QED) is 0.621. The van der Waals surface area contributed by atoms with Crippen LogP contribution in [0.1, 0.15) is 12.8 Å². The highest BCUT2D eigenvalue weighted by atomic mass is 35.5. The van der Waals surface area contributed by atoms with Crippen LogP contribution in [0.5, 0.6) is 0 Å². The third-order valence-corrected chi connectivity index (χ3v) is 3.11. The highest BCUT2D eigenvalue weighted by Gasteiger charge is 2.13. The Hall–Kier alpha value is -0.930. The lowest BCUT2D eigenvalue weighted by molar-refractivity contribution is 0.513. The topological polar surface area (TPSA) is 41.6 Å². The minimum atomic E-state index is 0.523. The highest BCUT2D eigenvalue weighted by Crippen LogP contribution is 2.28. The molecule has 86 valence electrons. The summed E-state index contributed by atoms with van der Waals surface area (Å²) in [5.41, 5.74) is 6.56. The number of guanidine groups is 1. The van der Waals surface area contributed by atoms with Gasteiger partial charge in [-0.3, -0.25) is 0 Å². The Morgan fingerprint density at radius 1 is 1.25 bits per heavy atom. The summed E-state index contributed by atoms with van der Waals surface area (Å²) in [5.74, 6) is 0.529. The van der Waals surface area contributed by atoms with Gasteiger partial charge in [-0.2, -0.15) is 0 Å². The van der Waals surface area contributed by atoms with Gasteiger partial charge in [0.2, 0.25) is 0 Å². The maximum Gasteiger partial charge on any atom is 0.196 e. The molecule has 0 spiro atoms. The summed E-state index contributed by atoms with van der Waals surface area (Å²) in [7, 11) is 0. The van der Waals surface area contributed by atoms with Gasteiger partial charge in [-0.1, -0.05) is 23.2 Å². The molecule has 3 nitrogen and oxygen atoms in total. The number of halogens is 2. The summed E-state index contributed by atoms with van der Waals surface area (Å²) in [4.78, 5) is 6.37. The summed E-state index contributed by atoms with van der Waals surface area (Å²) in [6.45, 7) is 1.95. The summed E-state index contributed by atoms with van der Waals surface area (Å²) in [6, 6.07) is 5.19. The molecule has 1 aromatic carbocycles. The smallest absolute Gasteiger partial charge is 0.196 e. The molecule has 0 aliphatic carbocycles. The standard InChI is InChI=1S/C11H13Cl2N3/c12-8-3-4-10(9(13)7-8)15-11(14)16-5-1-2-6-16/h3-4,7H,1-2,5-6H2,(H2,14,15). The first-order valence-electron chi connectivity index (χ1n) is 5.21. The Labute approximate surface area is 105 Å². The second-order valence-electron chi connectivity index (χ2n) is 3.76. The highest BCUT2D eigenvalue weighted by molar-refractivity contribution is 6.36. The lowest BCUT2D eigenvalue weighted by atomic mass is 10.3. The van der Waals surface area contributed by atoms with Crippen LogP contribution >= 0.6 is 23.2 Å². The van der Waals surface area contributed by atoms with Gasteiger partial charge in [-0.25, -0.2) is 4.99 Å². The van der Waals surface area contributed by atoms with Gasteiger partial charge < -0.3 is 10.6 Å². The van der Waals surface area contributed by atoms with Crippen molar-refractivity contribution in [3.05, 3.63) is 28.2 Å². The Kier molecular flexibility index (Phi) is 3.56. The molecule has 1 aliphatic heterocycles. The van der Waals surface area contributed by atoms with Gasteiger partial charge in [-0.15, -0.1) is 0 Å². The number of aliphatic imine (C=N–C) groups is 1. The number of rotatable bonds is 1. The summed E-state index contributed by atoms with van der Waals surface area (Å²) in [5, 5.41) is 1.12. The van der Waals surface area contributed by atoms with Gasteiger partial charge in [0, 0.05) is 18.1 Å². The first-order chi connectivity index (χ1) is 7.66. The number of nitrogens with zero attached hydrogens (tertiary/aromatic N) is 2. The van der Waals surface area contributed by atoms with Crippen molar-refractivity contribution in [2.75, 3.05) is 13.1 Å². The molecule has 1 fully saturated rings. The van der Waals surface area contributed by atoms with E-state index >= 15 is 0 Å². The zero-order valence-corrected chi connectivity index (χ0v) is 10.3. The van der Waals surface area contributed by atoms with Crippen LogP contribution in [0.15, 0.2) is 23.2 Å². The number of hydrogen-bond donors (Lipinski definition) is 1. The summed E-state index contributed by atoms with van der Waals surface area (Å²) >= 11 is 11.8. The lowest BCUT2D eigenvalue weighted by Gasteiger charge is -2.15. The van der Waals surface area contributed by atoms with Crippen molar-refractivity contribution in [2.24, 2.45) is 10.7 Å². The maximum absolute atomic E-state index is 6.01. The average Bonchev–Trinajstić information content (AvgIpc) is 2.75. The van der Waals surface area contributed by atoms with Crippen LogP contribution in [-0.2, 0) is 0 Å². The average molecular weight is 258 g/mol. The number of benzene rings is 1. The Morgan fingerprint density at radius 2 is 1.94 bits per heavy atom. The van der Waals surface area contributed by atoms with Crippen molar-refractivity contribution in [2.45, 2.75) is 12.8 Å². The zero-order chi connectivity index (χ0) is 11.5. The molecule has 2 rings (SSSR count). The van der Waals surface area contributed by atoms with E-state index in [0.717, 1.165) is 13.1 Å². The first kappa shape index (κ1) is 11.6. The molecular weight excluding hydrogens is 245 g/mol. The van der Waals surface area contributed by atoms with Gasteiger partial charge in [0.15, 0.2) is 5.96 Å². The SMILES string of the molecule is NC(=Nc1ccc(Cl)cc1Cl)N1CCCC1. The molecule has 1 heterocycles. The van der Waals surface area contributed by atoms with E-state index in [1.54, 1.807) is 18.2 Å². The molecule has 0 aromatic heterocycles. The normalized spacial score (nSPS) is 16.9. The minimum absolute atomic E-state index is 0.523. The van der Waals surface area contributed by atoms with E-state index in [2.05, 4.69) is 9.89 Å². The van der Waals surface area contributed by atoms with Crippen LogP contribution in [0.25, 0.3) is 0 Å². The fraction of sp³-hybridized carbons (Fsp3) is 0.364. The van der Waals surface area contributed by atoms with Crippen LogP contribution in [0.3, 0.4) is 0 Å². The molecule has 1 aliphatic rings. The molecular formula is C11H13Cl2N3. The molecule has 0 saturated carbocycles. The second kappa shape index (κ2) is 4.93. The van der Waals surface area contributed by atoms with Crippen LogP contribution < -0.4 is 5.73 Å². The third kappa shape index (κ3) is 2.60. The second-order valence-corrected chi connectivity index (χ2v) is 4.60. The Morgan fingerprint density at radius 3 is 2.56 bits per heavy atom. The Balaban J connectivity index is 2.20. The molecule has 0 radical (unpaired) electrons. The van der Waals surface area contributed by atoms with Crippen molar-refractivity contribution in [3.8, 4) is 0 Å². The molecule has 0 bridgehead atoms. The first-order valence-corrected chi connectivity index (χ1v) is 5.96. The van der Waals surface area contributed by atoms with Crippen molar-refractivity contribution in [3.63, 3.8) is 0 Å². The lowest BCUT2D eigenvalue weighted by Crippen LogP contribution is -2.34. The van der Waals surface area contributed by atoms with Gasteiger partial charge in [0.05, 0.1) is 10.7 Å². The Bertz CT molecular complexity index is 412. The van der Waals surface area contributed by atoms with E-state index in [9.17, 15) is 0 Å². The van der Waals surface area contributed by atoms with Crippen LogP contribution in [0.4, 0.5) is 5.69 Å². The third-order valence-electron chi connectivity index (χ3n) is 2.57. The van der Waals surface area contributed by atoms with E-state index in [4.69, 9.17) is 28.9 Å². The zero-order valence-electron chi connectivity index (χ0n) is 8.79. The van der Waals surface area contributed by atoms with Crippen LogP contribution in [0, 0.1) is 0 Å². The van der Waals surface area contributed by atoms with E-state index in [1.807, 2.05) is 0 Å². The molecule has 0 amide bonds. The largest absolute Gasteiger partial charge is 0.369 e. The van der Waals surface area contributed by atoms with Gasteiger partial charge >= 0.3 is 0 Å². The van der Waals surface area contributed by atoms with Gasteiger partial charge in [0.1, 0.15) is 0 Å². The summed E-state index contributed by atoms with van der Waals surface area (Å²) < 4.78 is 0. The number of hydrogen-bond acceptors (Lipinski definition) is 1. The maximum atomic E-state index is 6.01. The van der Waals surface area contributed by atoms with Crippen LogP contribution in [0.2, 0.25) is 10.0 Å². The summed E-state index contributed by atoms with van der Waals surface area (Å²) in [6.07, 6.45) is 2.34. The predicted octanol–water partition coefficient (Wildman–Crippen LogP) is 3.04. The van der Waals surface area contributed by atoms with E-state index in [1.165, 1.54) is 12.8 Å². The molecule has 1 saturated heterocycles. The molecule has 5 heteroatoms. The molecule has 16 heavy (non-hydrogen) atoms. The molecule has 1 aromatic rings. The number of nitrogens with two attached hydrogens (primary N) is 1. The van der Waals surface area contributed by atoms with Crippen molar-refractivity contribution in [1.29, 1.82) is 0 Å². The van der Waals surface area contributed by atoms with Gasteiger partial charge in [-0.05, 0) is 31.0 Å². The van der Waals surface area contributed by atoms with E-state index in [0.29, 0.717) is 21.7 Å². The van der Waals surface area contributed by atoms with E-state index < -0.39 is 0 Å². The van der Waals surface area contributed by atoms with E-state index in [-0.39, 0.29) is 0 Å². The van der Waals surface area contributed by atoms with Gasteiger partial charge in [0.25, 0.3) is 0 Å². The monoisotopic (exact) mass is 257 g/mol. The molecule has 0 atom stereocenters. The van der Waals surface area contributed by atoms with Crippen molar-refractivity contribution < 1.29 is 0 Å². The van der Waals surface area contributed by atoms with Crippen molar-refractivity contribution >= 4 is 34.8 Å². The molecule has 2 N–H and O–H groups in total. The minimum Gasteiger partial charge on any atom is -0.369 e. The van der Waals surface area contributed by atoms with Crippen molar-refractivity contribution in [1.82, 2.24) is 4.90 Å². The number of likely N-dealkylation sites (tertiary alicyclic amines) is 1.